The van der Waals surface area contributed by atoms with Gasteiger partial charge in [0.05, 0.1) is 5.69 Å². The Hall–Kier alpha value is -2.14. The van der Waals surface area contributed by atoms with Crippen LogP contribution in [0.1, 0.15) is 28.8 Å². The average Bonchev–Trinajstić information content (AvgIpc) is 2.57. The van der Waals surface area contributed by atoms with Crippen molar-refractivity contribution in [3.05, 3.63) is 58.6 Å². The average molecular weight is 348 g/mol. The number of carbonyl (C=O) groups excluding carboxylic acids is 1. The van der Waals surface area contributed by atoms with Crippen molar-refractivity contribution in [2.75, 3.05) is 18.0 Å². The van der Waals surface area contributed by atoms with Gasteiger partial charge in [-0.25, -0.2) is 9.37 Å². The van der Waals surface area contributed by atoms with Crippen molar-refractivity contribution < 1.29 is 9.18 Å². The van der Waals surface area contributed by atoms with E-state index in [1.807, 2.05) is 17.9 Å². The SMILES string of the molecule is Cc1ccc(F)c(N2CCCC(NC(=O)c3ccnc(Cl)c3)C2)c1. The van der Waals surface area contributed by atoms with Crippen LogP contribution < -0.4 is 10.2 Å². The fourth-order valence-corrected chi connectivity index (χ4v) is 3.17. The summed E-state index contributed by atoms with van der Waals surface area (Å²) in [6.07, 6.45) is 3.27. The van der Waals surface area contributed by atoms with Gasteiger partial charge in [-0.1, -0.05) is 17.7 Å². The van der Waals surface area contributed by atoms with Crippen molar-refractivity contribution in [2.45, 2.75) is 25.8 Å². The van der Waals surface area contributed by atoms with Crippen LogP contribution in [-0.4, -0.2) is 30.0 Å². The van der Waals surface area contributed by atoms with E-state index < -0.39 is 0 Å². The van der Waals surface area contributed by atoms with Crippen LogP contribution in [0.5, 0.6) is 0 Å². The third-order valence-electron chi connectivity index (χ3n) is 4.19. The number of pyridine rings is 1. The first-order chi connectivity index (χ1) is 11.5. The number of amides is 1. The minimum atomic E-state index is -0.228. The first-order valence-corrected chi connectivity index (χ1v) is 8.34. The predicted octanol–water partition coefficient (Wildman–Crippen LogP) is 3.58. The largest absolute Gasteiger partial charge is 0.367 e. The van der Waals surface area contributed by atoms with Crippen molar-refractivity contribution in [1.29, 1.82) is 0 Å². The molecule has 1 unspecified atom stereocenters. The highest BCUT2D eigenvalue weighted by atomic mass is 35.5. The molecule has 1 atom stereocenters. The van der Waals surface area contributed by atoms with Gasteiger partial charge >= 0.3 is 0 Å². The molecule has 0 radical (unpaired) electrons. The lowest BCUT2D eigenvalue weighted by Crippen LogP contribution is -2.48. The lowest BCUT2D eigenvalue weighted by atomic mass is 10.0. The molecule has 1 fully saturated rings. The second kappa shape index (κ2) is 7.18. The molecule has 2 heterocycles. The maximum Gasteiger partial charge on any atom is 0.251 e. The van der Waals surface area contributed by atoms with Crippen molar-refractivity contribution in [2.24, 2.45) is 0 Å². The standard InChI is InChI=1S/C18H19ClFN3O/c1-12-4-5-15(20)16(9-12)23-8-2-3-14(11-23)22-18(24)13-6-7-21-17(19)10-13/h4-7,9-10,14H,2-3,8,11H2,1H3,(H,22,24). The maximum atomic E-state index is 14.1. The van der Waals surface area contributed by atoms with Crippen LogP contribution in [0.2, 0.25) is 5.15 Å². The van der Waals surface area contributed by atoms with E-state index >= 15 is 0 Å². The molecule has 0 bridgehead atoms. The second-order valence-corrected chi connectivity index (χ2v) is 6.47. The van der Waals surface area contributed by atoms with Crippen LogP contribution in [0.4, 0.5) is 10.1 Å². The van der Waals surface area contributed by atoms with E-state index in [0.717, 1.165) is 24.9 Å². The van der Waals surface area contributed by atoms with E-state index in [-0.39, 0.29) is 22.9 Å². The smallest absolute Gasteiger partial charge is 0.251 e. The highest BCUT2D eigenvalue weighted by Gasteiger charge is 2.23. The van der Waals surface area contributed by atoms with E-state index in [1.165, 1.54) is 18.3 Å². The van der Waals surface area contributed by atoms with E-state index in [0.29, 0.717) is 17.8 Å². The van der Waals surface area contributed by atoms with Crippen molar-refractivity contribution >= 4 is 23.2 Å². The van der Waals surface area contributed by atoms with E-state index in [1.54, 1.807) is 12.1 Å². The lowest BCUT2D eigenvalue weighted by Gasteiger charge is -2.35. The molecule has 1 N–H and O–H groups in total. The normalized spacial score (nSPS) is 17.6. The van der Waals surface area contributed by atoms with Gasteiger partial charge in [-0.3, -0.25) is 4.79 Å². The summed E-state index contributed by atoms with van der Waals surface area (Å²) in [6, 6.07) is 8.24. The minimum absolute atomic E-state index is 0.0295. The van der Waals surface area contributed by atoms with Gasteiger partial charge in [0.2, 0.25) is 0 Å². The lowest BCUT2D eigenvalue weighted by molar-refractivity contribution is 0.0933. The predicted molar refractivity (Wildman–Crippen MR) is 93.1 cm³/mol. The van der Waals surface area contributed by atoms with E-state index in [9.17, 15) is 9.18 Å². The Kier molecular flexibility index (Phi) is 5.00. The first-order valence-electron chi connectivity index (χ1n) is 7.96. The molecule has 6 heteroatoms. The number of hydrogen-bond donors (Lipinski definition) is 1. The van der Waals surface area contributed by atoms with Gasteiger partial charge in [-0.15, -0.1) is 0 Å². The Bertz CT molecular complexity index is 753. The molecule has 4 nitrogen and oxygen atoms in total. The monoisotopic (exact) mass is 347 g/mol. The Balaban J connectivity index is 1.69. The number of rotatable bonds is 3. The molecule has 3 rings (SSSR count). The number of aromatic nitrogens is 1. The number of nitrogens with one attached hydrogen (secondary N) is 1. The van der Waals surface area contributed by atoms with Crippen LogP contribution in [0, 0.1) is 12.7 Å². The quantitative estimate of drug-likeness (QED) is 0.863. The third-order valence-corrected chi connectivity index (χ3v) is 4.39. The van der Waals surface area contributed by atoms with E-state index in [2.05, 4.69) is 10.3 Å². The van der Waals surface area contributed by atoms with Crippen LogP contribution in [0.15, 0.2) is 36.5 Å². The number of anilines is 1. The molecule has 2 aromatic rings. The molecule has 1 saturated heterocycles. The molecule has 126 valence electrons. The fraction of sp³-hybridized carbons (Fsp3) is 0.333. The zero-order valence-electron chi connectivity index (χ0n) is 13.4. The maximum absolute atomic E-state index is 14.1. The highest BCUT2D eigenvalue weighted by Crippen LogP contribution is 2.24. The zero-order valence-corrected chi connectivity index (χ0v) is 14.2. The molecule has 1 amide bonds. The molecule has 1 aromatic heterocycles. The number of hydrogen-bond acceptors (Lipinski definition) is 3. The van der Waals surface area contributed by atoms with Crippen LogP contribution in [0.25, 0.3) is 0 Å². The van der Waals surface area contributed by atoms with Gasteiger partial charge in [0.1, 0.15) is 11.0 Å². The van der Waals surface area contributed by atoms with Crippen molar-refractivity contribution in [3.8, 4) is 0 Å². The Morgan fingerprint density at radius 1 is 1.38 bits per heavy atom. The summed E-state index contributed by atoms with van der Waals surface area (Å²) >= 11 is 5.83. The molecule has 1 aromatic carbocycles. The van der Waals surface area contributed by atoms with Crippen LogP contribution >= 0.6 is 11.6 Å². The van der Waals surface area contributed by atoms with Crippen molar-refractivity contribution in [1.82, 2.24) is 10.3 Å². The van der Waals surface area contributed by atoms with Gasteiger partial charge in [-0.2, -0.15) is 0 Å². The van der Waals surface area contributed by atoms with Crippen molar-refractivity contribution in [3.63, 3.8) is 0 Å². The number of carbonyl (C=O) groups is 1. The molecule has 0 spiro atoms. The molecular formula is C18H19ClFN3O. The topological polar surface area (TPSA) is 45.2 Å². The Labute approximate surface area is 145 Å². The number of nitrogens with zero attached hydrogens (tertiary/aromatic N) is 2. The summed E-state index contributed by atoms with van der Waals surface area (Å²) < 4.78 is 14.1. The van der Waals surface area contributed by atoms with Gasteiger partial charge in [0.25, 0.3) is 5.91 Å². The summed E-state index contributed by atoms with van der Waals surface area (Å²) in [6.45, 7) is 3.32. The number of benzene rings is 1. The van der Waals surface area contributed by atoms with Gasteiger partial charge in [0.15, 0.2) is 0 Å². The summed E-state index contributed by atoms with van der Waals surface area (Å²) in [5, 5.41) is 3.29. The van der Waals surface area contributed by atoms with Gasteiger partial charge < -0.3 is 10.2 Å². The number of piperidine rings is 1. The Morgan fingerprint density at radius 2 is 2.21 bits per heavy atom. The first kappa shape index (κ1) is 16.7. The molecular weight excluding hydrogens is 329 g/mol. The summed E-state index contributed by atoms with van der Waals surface area (Å²) in [5.74, 6) is -0.413. The third kappa shape index (κ3) is 3.85. The molecule has 0 saturated carbocycles. The molecule has 1 aliphatic rings. The molecule has 24 heavy (non-hydrogen) atoms. The van der Waals surface area contributed by atoms with Crippen LogP contribution in [0.3, 0.4) is 0 Å². The molecule has 0 aliphatic carbocycles. The Morgan fingerprint density at radius 3 is 3.00 bits per heavy atom. The van der Waals surface area contributed by atoms with Crippen LogP contribution in [-0.2, 0) is 0 Å². The summed E-state index contributed by atoms with van der Waals surface area (Å²) in [5.41, 5.74) is 2.10. The fourth-order valence-electron chi connectivity index (χ4n) is 2.99. The summed E-state index contributed by atoms with van der Waals surface area (Å²) in [4.78, 5) is 18.2. The number of halogens is 2. The summed E-state index contributed by atoms with van der Waals surface area (Å²) in [7, 11) is 0. The minimum Gasteiger partial charge on any atom is -0.367 e. The zero-order chi connectivity index (χ0) is 17.1. The molecule has 1 aliphatic heterocycles. The van der Waals surface area contributed by atoms with Gasteiger partial charge in [0, 0.05) is 30.9 Å². The van der Waals surface area contributed by atoms with E-state index in [4.69, 9.17) is 11.6 Å². The van der Waals surface area contributed by atoms with Gasteiger partial charge in [-0.05, 0) is 49.6 Å². The number of aryl methyl sites for hydroxylation is 1. The second-order valence-electron chi connectivity index (χ2n) is 6.08. The highest BCUT2D eigenvalue weighted by molar-refractivity contribution is 6.29.